The Kier molecular flexibility index (Phi) is 5.76. The third kappa shape index (κ3) is 4.83. The Morgan fingerprint density at radius 3 is 2.48 bits per heavy atom. The van der Waals surface area contributed by atoms with Gasteiger partial charge < -0.3 is 16.0 Å². The van der Waals surface area contributed by atoms with Crippen LogP contribution in [0.25, 0.3) is 0 Å². The van der Waals surface area contributed by atoms with Crippen molar-refractivity contribution in [2.24, 2.45) is 5.73 Å². The van der Waals surface area contributed by atoms with Gasteiger partial charge in [0.05, 0.1) is 6.04 Å². The van der Waals surface area contributed by atoms with Crippen molar-refractivity contribution in [1.82, 2.24) is 10.2 Å². The number of nitrogens with one attached hydrogen (secondary N) is 1. The highest BCUT2D eigenvalue weighted by molar-refractivity contribution is 5.82. The molecule has 1 aromatic carbocycles. The van der Waals surface area contributed by atoms with Gasteiger partial charge in [0, 0.05) is 25.2 Å². The second-order valence-electron chi connectivity index (χ2n) is 6.21. The number of rotatable bonds is 5. The molecule has 116 valence electrons. The molecule has 1 saturated heterocycles. The Hall–Kier alpha value is -1.39. The molecule has 1 aliphatic rings. The molecule has 0 spiro atoms. The van der Waals surface area contributed by atoms with Crippen LogP contribution in [-0.2, 0) is 11.2 Å². The zero-order valence-corrected chi connectivity index (χ0v) is 13.1. The Labute approximate surface area is 127 Å². The SMILES string of the molecule is CC(C)N1CCC(NC(=O)[C@@H](N)Cc2ccccc2)CC1. The number of benzene rings is 1. The molecule has 2 rings (SSSR count). The van der Waals surface area contributed by atoms with Gasteiger partial charge in [0.15, 0.2) is 0 Å². The van der Waals surface area contributed by atoms with Gasteiger partial charge in [0.2, 0.25) is 5.91 Å². The van der Waals surface area contributed by atoms with E-state index in [1.807, 2.05) is 30.3 Å². The van der Waals surface area contributed by atoms with Crippen molar-refractivity contribution in [2.75, 3.05) is 13.1 Å². The fourth-order valence-corrected chi connectivity index (χ4v) is 2.83. The quantitative estimate of drug-likeness (QED) is 0.864. The van der Waals surface area contributed by atoms with Crippen molar-refractivity contribution in [3.05, 3.63) is 35.9 Å². The zero-order valence-electron chi connectivity index (χ0n) is 13.1. The summed E-state index contributed by atoms with van der Waals surface area (Å²) < 4.78 is 0. The van der Waals surface area contributed by atoms with Crippen molar-refractivity contribution in [3.63, 3.8) is 0 Å². The highest BCUT2D eigenvalue weighted by atomic mass is 16.2. The predicted octanol–water partition coefficient (Wildman–Crippen LogP) is 1.55. The van der Waals surface area contributed by atoms with Gasteiger partial charge in [-0.2, -0.15) is 0 Å². The summed E-state index contributed by atoms with van der Waals surface area (Å²) in [5.74, 6) is -0.0261. The summed E-state index contributed by atoms with van der Waals surface area (Å²) in [7, 11) is 0. The largest absolute Gasteiger partial charge is 0.352 e. The second-order valence-corrected chi connectivity index (χ2v) is 6.21. The van der Waals surface area contributed by atoms with Gasteiger partial charge in [-0.15, -0.1) is 0 Å². The van der Waals surface area contributed by atoms with Gasteiger partial charge >= 0.3 is 0 Å². The first-order valence-corrected chi connectivity index (χ1v) is 7.90. The number of piperidine rings is 1. The Morgan fingerprint density at radius 1 is 1.29 bits per heavy atom. The molecule has 1 aliphatic heterocycles. The lowest BCUT2D eigenvalue weighted by Crippen LogP contribution is -2.51. The zero-order chi connectivity index (χ0) is 15.2. The van der Waals surface area contributed by atoms with E-state index in [2.05, 4.69) is 24.1 Å². The van der Waals surface area contributed by atoms with Crippen molar-refractivity contribution in [1.29, 1.82) is 0 Å². The van der Waals surface area contributed by atoms with Crippen molar-refractivity contribution >= 4 is 5.91 Å². The summed E-state index contributed by atoms with van der Waals surface area (Å²) in [5, 5.41) is 3.11. The number of hydrogen-bond acceptors (Lipinski definition) is 3. The summed E-state index contributed by atoms with van der Waals surface area (Å²) in [6.45, 7) is 6.54. The molecular formula is C17H27N3O. The van der Waals surface area contributed by atoms with E-state index in [9.17, 15) is 4.79 Å². The number of carbonyl (C=O) groups is 1. The average Bonchev–Trinajstić information content (AvgIpc) is 2.48. The summed E-state index contributed by atoms with van der Waals surface area (Å²) in [5.41, 5.74) is 7.13. The van der Waals surface area contributed by atoms with Crippen LogP contribution in [-0.4, -0.2) is 42.0 Å². The van der Waals surface area contributed by atoms with Crippen molar-refractivity contribution < 1.29 is 4.79 Å². The average molecular weight is 289 g/mol. The van der Waals surface area contributed by atoms with Gasteiger partial charge in [0.1, 0.15) is 0 Å². The highest BCUT2D eigenvalue weighted by Crippen LogP contribution is 2.13. The number of nitrogens with zero attached hydrogens (tertiary/aromatic N) is 1. The fourth-order valence-electron chi connectivity index (χ4n) is 2.83. The molecule has 1 atom stereocenters. The molecule has 4 nitrogen and oxygen atoms in total. The molecule has 1 heterocycles. The number of hydrogen-bond donors (Lipinski definition) is 2. The molecule has 0 unspecified atom stereocenters. The summed E-state index contributed by atoms with van der Waals surface area (Å²) in [6.07, 6.45) is 2.63. The van der Waals surface area contributed by atoms with E-state index in [0.717, 1.165) is 31.5 Å². The number of carbonyl (C=O) groups excluding carboxylic acids is 1. The molecule has 0 saturated carbocycles. The van der Waals surface area contributed by atoms with Crippen LogP contribution in [0.4, 0.5) is 0 Å². The van der Waals surface area contributed by atoms with Crippen LogP contribution >= 0.6 is 0 Å². The standard InChI is InChI=1S/C17H27N3O/c1-13(2)20-10-8-15(9-11-20)19-17(21)16(18)12-14-6-4-3-5-7-14/h3-7,13,15-16H,8-12,18H2,1-2H3,(H,19,21)/t16-/m0/s1. The fraction of sp³-hybridized carbons (Fsp3) is 0.588. The minimum absolute atomic E-state index is 0.0261. The van der Waals surface area contributed by atoms with Crippen LogP contribution < -0.4 is 11.1 Å². The Balaban J connectivity index is 1.77. The first-order valence-electron chi connectivity index (χ1n) is 7.90. The van der Waals surface area contributed by atoms with Crippen LogP contribution in [0, 0.1) is 0 Å². The molecule has 1 fully saturated rings. The summed E-state index contributed by atoms with van der Waals surface area (Å²) >= 11 is 0. The summed E-state index contributed by atoms with van der Waals surface area (Å²) in [6, 6.07) is 10.3. The van der Waals surface area contributed by atoms with Crippen LogP contribution in [0.3, 0.4) is 0 Å². The minimum atomic E-state index is -0.462. The number of amides is 1. The lowest BCUT2D eigenvalue weighted by Gasteiger charge is -2.35. The maximum atomic E-state index is 12.2. The topological polar surface area (TPSA) is 58.4 Å². The van der Waals surface area contributed by atoms with Crippen LogP contribution in [0.15, 0.2) is 30.3 Å². The van der Waals surface area contributed by atoms with E-state index in [0.29, 0.717) is 12.5 Å². The maximum Gasteiger partial charge on any atom is 0.237 e. The summed E-state index contributed by atoms with van der Waals surface area (Å²) in [4.78, 5) is 14.6. The predicted molar refractivity (Wildman–Crippen MR) is 86.0 cm³/mol. The molecule has 3 N–H and O–H groups in total. The first kappa shape index (κ1) is 16.0. The van der Waals surface area contributed by atoms with Gasteiger partial charge in [-0.3, -0.25) is 4.79 Å². The number of nitrogens with two attached hydrogens (primary N) is 1. The van der Waals surface area contributed by atoms with Gasteiger partial charge in [0.25, 0.3) is 0 Å². The Bertz CT molecular complexity index is 439. The smallest absolute Gasteiger partial charge is 0.237 e. The van der Waals surface area contributed by atoms with Crippen molar-refractivity contribution in [3.8, 4) is 0 Å². The van der Waals surface area contributed by atoms with Gasteiger partial charge in [-0.25, -0.2) is 0 Å². The Morgan fingerprint density at radius 2 is 1.90 bits per heavy atom. The van der Waals surface area contributed by atoms with Crippen molar-refractivity contribution in [2.45, 2.75) is 51.2 Å². The molecule has 4 heteroatoms. The molecule has 0 radical (unpaired) electrons. The van der Waals surface area contributed by atoms with E-state index in [-0.39, 0.29) is 11.9 Å². The third-order valence-corrected chi connectivity index (χ3v) is 4.24. The molecule has 0 aliphatic carbocycles. The second kappa shape index (κ2) is 7.57. The normalized spacial score (nSPS) is 18.7. The van der Waals surface area contributed by atoms with Crippen LogP contribution in [0.1, 0.15) is 32.3 Å². The first-order chi connectivity index (χ1) is 10.1. The van der Waals surface area contributed by atoms with Gasteiger partial charge in [-0.1, -0.05) is 30.3 Å². The highest BCUT2D eigenvalue weighted by Gasteiger charge is 2.23. The van der Waals surface area contributed by atoms with E-state index in [1.54, 1.807) is 0 Å². The third-order valence-electron chi connectivity index (χ3n) is 4.24. The number of likely N-dealkylation sites (tertiary alicyclic amines) is 1. The molecule has 1 aromatic rings. The van der Waals surface area contributed by atoms with Gasteiger partial charge in [-0.05, 0) is 38.7 Å². The van der Waals surface area contributed by atoms with E-state index in [1.165, 1.54) is 0 Å². The molecular weight excluding hydrogens is 262 g/mol. The lowest BCUT2D eigenvalue weighted by molar-refractivity contribution is -0.123. The lowest BCUT2D eigenvalue weighted by atomic mass is 10.0. The van der Waals surface area contributed by atoms with E-state index >= 15 is 0 Å². The van der Waals surface area contributed by atoms with Crippen LogP contribution in [0.2, 0.25) is 0 Å². The van der Waals surface area contributed by atoms with Crippen LogP contribution in [0.5, 0.6) is 0 Å². The minimum Gasteiger partial charge on any atom is -0.352 e. The van der Waals surface area contributed by atoms with E-state index < -0.39 is 6.04 Å². The monoisotopic (exact) mass is 289 g/mol. The molecule has 1 amide bonds. The molecule has 0 bridgehead atoms. The maximum absolute atomic E-state index is 12.2. The molecule has 0 aromatic heterocycles. The molecule has 21 heavy (non-hydrogen) atoms. The van der Waals surface area contributed by atoms with E-state index in [4.69, 9.17) is 5.73 Å².